The van der Waals surface area contributed by atoms with Crippen molar-refractivity contribution in [1.82, 2.24) is 10.2 Å². The summed E-state index contributed by atoms with van der Waals surface area (Å²) in [5, 5.41) is 11.0. The fourth-order valence-electron chi connectivity index (χ4n) is 1.94. The average molecular weight is 226 g/mol. The number of imide groups is 1. The molecule has 0 bridgehead atoms. The molecule has 0 aromatic carbocycles. The van der Waals surface area contributed by atoms with Gasteiger partial charge in [0, 0.05) is 6.54 Å². The highest BCUT2D eigenvalue weighted by atomic mass is 16.4. The fourth-order valence-corrected chi connectivity index (χ4v) is 1.94. The van der Waals surface area contributed by atoms with Gasteiger partial charge in [-0.2, -0.15) is 0 Å². The van der Waals surface area contributed by atoms with Gasteiger partial charge in [-0.3, -0.25) is 24.6 Å². The molecule has 1 saturated heterocycles. The number of carboxylic acids is 1. The second-order valence-electron chi connectivity index (χ2n) is 4.40. The summed E-state index contributed by atoms with van der Waals surface area (Å²) in [6.45, 7) is 0.416. The zero-order valence-electron chi connectivity index (χ0n) is 8.81. The molecule has 0 radical (unpaired) electrons. The van der Waals surface area contributed by atoms with Gasteiger partial charge in [0.1, 0.15) is 0 Å². The Morgan fingerprint density at radius 3 is 2.56 bits per heavy atom. The molecule has 88 valence electrons. The van der Waals surface area contributed by atoms with Crippen LogP contribution in [0.3, 0.4) is 0 Å². The van der Waals surface area contributed by atoms with E-state index in [0.29, 0.717) is 12.5 Å². The van der Waals surface area contributed by atoms with E-state index >= 15 is 0 Å². The summed E-state index contributed by atoms with van der Waals surface area (Å²) in [4.78, 5) is 34.8. The number of carbonyl (C=O) groups is 3. The Morgan fingerprint density at radius 1 is 1.44 bits per heavy atom. The van der Waals surface area contributed by atoms with Crippen molar-refractivity contribution in [1.29, 1.82) is 0 Å². The van der Waals surface area contributed by atoms with Gasteiger partial charge in [0.25, 0.3) is 0 Å². The Hall–Kier alpha value is -1.43. The lowest BCUT2D eigenvalue weighted by atomic mass is 10.2. The normalized spacial score (nSPS) is 24.9. The molecule has 2 aliphatic rings. The van der Waals surface area contributed by atoms with Crippen molar-refractivity contribution >= 4 is 17.8 Å². The number of hydrogen-bond donors (Lipinski definition) is 2. The van der Waals surface area contributed by atoms with E-state index in [-0.39, 0.29) is 24.8 Å². The van der Waals surface area contributed by atoms with Crippen molar-refractivity contribution in [2.24, 2.45) is 5.92 Å². The van der Waals surface area contributed by atoms with Gasteiger partial charge in [-0.15, -0.1) is 0 Å². The topological polar surface area (TPSA) is 86.7 Å². The van der Waals surface area contributed by atoms with Gasteiger partial charge in [-0.1, -0.05) is 0 Å². The summed E-state index contributed by atoms with van der Waals surface area (Å²) in [7, 11) is 0. The lowest BCUT2D eigenvalue weighted by molar-refractivity contribution is -0.139. The number of aliphatic carboxylic acids is 1. The van der Waals surface area contributed by atoms with Crippen LogP contribution in [0.25, 0.3) is 0 Å². The Labute approximate surface area is 92.6 Å². The summed E-state index contributed by atoms with van der Waals surface area (Å²) < 4.78 is 0. The standard InChI is InChI=1S/C10H14N2O4/c13-8-3-7(10(16)11-8)12(5-9(14)15)4-6-1-2-6/h6-7H,1-5H2,(H,14,15)(H,11,13,16). The molecular weight excluding hydrogens is 212 g/mol. The van der Waals surface area contributed by atoms with Crippen LogP contribution in [0.15, 0.2) is 0 Å². The maximum atomic E-state index is 11.4. The molecule has 16 heavy (non-hydrogen) atoms. The van der Waals surface area contributed by atoms with Crippen molar-refractivity contribution < 1.29 is 19.5 Å². The average Bonchev–Trinajstić information content (AvgIpc) is 2.90. The fraction of sp³-hybridized carbons (Fsp3) is 0.700. The molecule has 1 unspecified atom stereocenters. The van der Waals surface area contributed by atoms with Gasteiger partial charge >= 0.3 is 5.97 Å². The van der Waals surface area contributed by atoms with Gasteiger partial charge in [0.15, 0.2) is 0 Å². The highest BCUT2D eigenvalue weighted by Gasteiger charge is 2.38. The minimum absolute atomic E-state index is 0.0822. The Kier molecular flexibility index (Phi) is 2.91. The quantitative estimate of drug-likeness (QED) is 0.599. The van der Waals surface area contributed by atoms with Crippen LogP contribution in [0.2, 0.25) is 0 Å². The zero-order chi connectivity index (χ0) is 11.7. The third kappa shape index (κ3) is 2.57. The molecule has 6 heteroatoms. The van der Waals surface area contributed by atoms with E-state index in [1.165, 1.54) is 0 Å². The number of carbonyl (C=O) groups excluding carboxylic acids is 2. The van der Waals surface area contributed by atoms with Crippen molar-refractivity contribution in [2.45, 2.75) is 25.3 Å². The molecule has 0 aromatic rings. The summed E-state index contributed by atoms with van der Waals surface area (Å²) >= 11 is 0. The minimum Gasteiger partial charge on any atom is -0.480 e. The van der Waals surface area contributed by atoms with Gasteiger partial charge in [-0.05, 0) is 18.8 Å². The largest absolute Gasteiger partial charge is 0.480 e. The summed E-state index contributed by atoms with van der Waals surface area (Å²) in [5.74, 6) is -1.16. The molecule has 1 heterocycles. The summed E-state index contributed by atoms with van der Waals surface area (Å²) in [5.41, 5.74) is 0. The number of nitrogens with zero attached hydrogens (tertiary/aromatic N) is 1. The summed E-state index contributed by atoms with van der Waals surface area (Å²) in [6.07, 6.45) is 2.25. The van der Waals surface area contributed by atoms with Gasteiger partial charge < -0.3 is 5.11 Å². The number of amides is 2. The molecule has 2 amide bonds. The highest BCUT2D eigenvalue weighted by molar-refractivity contribution is 6.05. The highest BCUT2D eigenvalue weighted by Crippen LogP contribution is 2.30. The van der Waals surface area contributed by atoms with Crippen molar-refractivity contribution in [3.63, 3.8) is 0 Å². The van der Waals surface area contributed by atoms with Crippen LogP contribution >= 0.6 is 0 Å². The van der Waals surface area contributed by atoms with Crippen LogP contribution in [0, 0.1) is 5.92 Å². The molecule has 6 nitrogen and oxygen atoms in total. The first kappa shape index (κ1) is 11.1. The van der Waals surface area contributed by atoms with Gasteiger partial charge in [0.05, 0.1) is 19.0 Å². The first-order chi connectivity index (χ1) is 7.56. The number of rotatable bonds is 5. The van der Waals surface area contributed by atoms with Gasteiger partial charge in [-0.25, -0.2) is 0 Å². The molecule has 1 atom stereocenters. The number of nitrogens with one attached hydrogen (secondary N) is 1. The van der Waals surface area contributed by atoms with Crippen molar-refractivity contribution in [3.8, 4) is 0 Å². The zero-order valence-corrected chi connectivity index (χ0v) is 8.81. The first-order valence-electron chi connectivity index (χ1n) is 5.36. The maximum absolute atomic E-state index is 11.4. The molecule has 2 rings (SSSR count). The Balaban J connectivity index is 2.01. The van der Waals surface area contributed by atoms with Crippen molar-refractivity contribution in [3.05, 3.63) is 0 Å². The molecule has 1 aliphatic heterocycles. The van der Waals surface area contributed by atoms with Gasteiger partial charge in [0.2, 0.25) is 11.8 Å². The van der Waals surface area contributed by atoms with E-state index in [0.717, 1.165) is 12.8 Å². The van der Waals surface area contributed by atoms with E-state index in [1.807, 2.05) is 0 Å². The first-order valence-corrected chi connectivity index (χ1v) is 5.36. The van der Waals surface area contributed by atoms with E-state index < -0.39 is 12.0 Å². The van der Waals surface area contributed by atoms with Crippen LogP contribution in [-0.4, -0.2) is 46.9 Å². The predicted octanol–water partition coefficient (Wildman–Crippen LogP) is -0.802. The van der Waals surface area contributed by atoms with E-state index in [2.05, 4.69) is 5.32 Å². The van der Waals surface area contributed by atoms with Crippen LogP contribution in [0.1, 0.15) is 19.3 Å². The third-order valence-electron chi connectivity index (χ3n) is 2.91. The van der Waals surface area contributed by atoms with E-state index in [4.69, 9.17) is 5.11 Å². The SMILES string of the molecule is O=C(O)CN(CC1CC1)C1CC(=O)NC1=O. The van der Waals surface area contributed by atoms with E-state index in [1.54, 1.807) is 4.90 Å². The maximum Gasteiger partial charge on any atom is 0.317 e. The lowest BCUT2D eigenvalue weighted by Gasteiger charge is -2.24. The molecule has 0 spiro atoms. The smallest absolute Gasteiger partial charge is 0.317 e. The van der Waals surface area contributed by atoms with Crippen LogP contribution in [0.5, 0.6) is 0 Å². The Bertz CT molecular complexity index is 338. The lowest BCUT2D eigenvalue weighted by Crippen LogP contribution is -2.44. The van der Waals surface area contributed by atoms with Crippen molar-refractivity contribution in [2.75, 3.05) is 13.1 Å². The monoisotopic (exact) mass is 226 g/mol. The third-order valence-corrected chi connectivity index (χ3v) is 2.91. The molecule has 1 aliphatic carbocycles. The Morgan fingerprint density at radius 2 is 2.12 bits per heavy atom. The van der Waals surface area contributed by atoms with Crippen LogP contribution < -0.4 is 5.32 Å². The van der Waals surface area contributed by atoms with Crippen LogP contribution in [0.4, 0.5) is 0 Å². The number of hydrogen-bond acceptors (Lipinski definition) is 4. The van der Waals surface area contributed by atoms with Crippen LogP contribution in [-0.2, 0) is 14.4 Å². The molecule has 2 N–H and O–H groups in total. The molecular formula is C10H14N2O4. The molecule has 0 aromatic heterocycles. The summed E-state index contributed by atoms with van der Waals surface area (Å²) in [6, 6.07) is -0.593. The minimum atomic E-state index is -0.965. The molecule has 2 fully saturated rings. The number of carboxylic acid groups (broad SMARTS) is 1. The van der Waals surface area contributed by atoms with E-state index in [9.17, 15) is 14.4 Å². The predicted molar refractivity (Wildman–Crippen MR) is 53.5 cm³/mol. The molecule has 1 saturated carbocycles. The second kappa shape index (κ2) is 4.21. The second-order valence-corrected chi connectivity index (χ2v) is 4.40.